The lowest BCUT2D eigenvalue weighted by molar-refractivity contribution is -0.138. The van der Waals surface area contributed by atoms with E-state index in [2.05, 4.69) is 38.0 Å². The Labute approximate surface area is 228 Å². The van der Waals surface area contributed by atoms with Gasteiger partial charge in [0.05, 0.1) is 12.1 Å². The summed E-state index contributed by atoms with van der Waals surface area (Å²) < 4.78 is 7.67. The van der Waals surface area contributed by atoms with Gasteiger partial charge in [-0.05, 0) is 68.0 Å². The van der Waals surface area contributed by atoms with E-state index < -0.39 is 22.8 Å². The summed E-state index contributed by atoms with van der Waals surface area (Å²) in [6.45, 7) is 14.2. The normalized spacial score (nSPS) is 12.8. The molecule has 8 nitrogen and oxygen atoms in total. The van der Waals surface area contributed by atoms with Crippen LogP contribution < -0.4 is 5.69 Å². The van der Waals surface area contributed by atoms with Crippen LogP contribution in [-0.4, -0.2) is 36.1 Å². The van der Waals surface area contributed by atoms with Crippen molar-refractivity contribution in [1.29, 1.82) is 0 Å². The van der Waals surface area contributed by atoms with Crippen LogP contribution in [0.3, 0.4) is 0 Å². The van der Waals surface area contributed by atoms with Crippen molar-refractivity contribution in [2.45, 2.75) is 89.1 Å². The molecule has 0 saturated heterocycles. The second-order valence-electron chi connectivity index (χ2n) is 10.9. The van der Waals surface area contributed by atoms with E-state index in [0.29, 0.717) is 24.5 Å². The Hall–Kier alpha value is -3.33. The standard InChI is InChI=1S/C29H37N3O5S/c1-8-17-31-24(30-32(27(31)36)18-20-9-13-22(14-10-20)28(3,4)5)19(2)37-25(33)21-11-15-23(16-12-21)38-29(6,7)26(34)35/h9-16,19H,8,17-18H2,1-7H3,(H,34,35)/t19-/m0/s1. The van der Waals surface area contributed by atoms with Crippen LogP contribution in [0, 0.1) is 0 Å². The number of esters is 1. The van der Waals surface area contributed by atoms with Crippen molar-refractivity contribution in [2.24, 2.45) is 0 Å². The van der Waals surface area contributed by atoms with Gasteiger partial charge < -0.3 is 9.84 Å². The van der Waals surface area contributed by atoms with E-state index in [4.69, 9.17) is 4.74 Å². The van der Waals surface area contributed by atoms with Crippen LogP contribution in [0.15, 0.2) is 58.2 Å². The quantitative estimate of drug-likeness (QED) is 0.261. The number of carbonyl (C=O) groups excluding carboxylic acids is 1. The molecule has 2 aromatic carbocycles. The second-order valence-corrected chi connectivity index (χ2v) is 12.6. The number of aromatic nitrogens is 3. The van der Waals surface area contributed by atoms with E-state index in [1.807, 2.05) is 19.1 Å². The third-order valence-corrected chi connectivity index (χ3v) is 7.37. The van der Waals surface area contributed by atoms with Gasteiger partial charge in [0.15, 0.2) is 11.9 Å². The molecule has 0 aliphatic carbocycles. The van der Waals surface area contributed by atoms with Crippen molar-refractivity contribution in [3.63, 3.8) is 0 Å². The summed E-state index contributed by atoms with van der Waals surface area (Å²) in [6.07, 6.45) is -0.0167. The van der Waals surface area contributed by atoms with Crippen molar-refractivity contribution in [2.75, 3.05) is 0 Å². The number of aliphatic carboxylic acids is 1. The third kappa shape index (κ3) is 6.95. The van der Waals surface area contributed by atoms with Gasteiger partial charge in [-0.1, -0.05) is 52.0 Å². The number of rotatable bonds is 10. The largest absolute Gasteiger partial charge is 0.480 e. The Morgan fingerprint density at radius 1 is 1.03 bits per heavy atom. The van der Waals surface area contributed by atoms with Crippen molar-refractivity contribution >= 4 is 23.7 Å². The van der Waals surface area contributed by atoms with Crippen LogP contribution in [0.2, 0.25) is 0 Å². The Balaban J connectivity index is 1.77. The Morgan fingerprint density at radius 2 is 1.63 bits per heavy atom. The highest BCUT2D eigenvalue weighted by atomic mass is 32.2. The molecule has 1 N–H and O–H groups in total. The van der Waals surface area contributed by atoms with Crippen molar-refractivity contribution < 1.29 is 19.4 Å². The van der Waals surface area contributed by atoms with E-state index in [-0.39, 0.29) is 11.1 Å². The maximum Gasteiger partial charge on any atom is 0.346 e. The first kappa shape index (κ1) is 29.2. The number of thioether (sulfide) groups is 1. The molecule has 0 fully saturated rings. The summed E-state index contributed by atoms with van der Waals surface area (Å²) in [5, 5.41) is 13.9. The molecule has 0 saturated carbocycles. The van der Waals surface area contributed by atoms with Gasteiger partial charge in [0.25, 0.3) is 0 Å². The molecule has 0 unspecified atom stereocenters. The van der Waals surface area contributed by atoms with Crippen LogP contribution in [-0.2, 0) is 28.0 Å². The average molecular weight is 540 g/mol. The van der Waals surface area contributed by atoms with Gasteiger partial charge in [-0.2, -0.15) is 5.10 Å². The lowest BCUT2D eigenvalue weighted by atomic mass is 9.87. The molecule has 3 aromatic rings. The van der Waals surface area contributed by atoms with E-state index in [0.717, 1.165) is 16.9 Å². The summed E-state index contributed by atoms with van der Waals surface area (Å²) in [4.78, 5) is 38.1. The lowest BCUT2D eigenvalue weighted by Crippen LogP contribution is -2.26. The topological polar surface area (TPSA) is 103 Å². The van der Waals surface area contributed by atoms with Gasteiger partial charge in [-0.25, -0.2) is 14.3 Å². The number of carbonyl (C=O) groups is 2. The molecule has 3 rings (SSSR count). The maximum atomic E-state index is 13.1. The molecule has 0 aliphatic heterocycles. The van der Waals surface area contributed by atoms with E-state index >= 15 is 0 Å². The minimum atomic E-state index is -0.993. The molecule has 9 heteroatoms. The first-order valence-electron chi connectivity index (χ1n) is 12.7. The number of carboxylic acids is 1. The molecule has 0 aliphatic rings. The lowest BCUT2D eigenvalue weighted by Gasteiger charge is -2.19. The summed E-state index contributed by atoms with van der Waals surface area (Å²) >= 11 is 1.20. The smallest absolute Gasteiger partial charge is 0.346 e. The SMILES string of the molecule is CCCn1c([C@H](C)OC(=O)c2ccc(SC(C)(C)C(=O)O)cc2)nn(Cc2ccc(C(C)(C)C)cc2)c1=O. The predicted octanol–water partition coefficient (Wildman–Crippen LogP) is 5.67. The van der Waals surface area contributed by atoms with Crippen LogP contribution in [0.25, 0.3) is 0 Å². The molecule has 1 heterocycles. The fraction of sp³-hybridized carbons (Fsp3) is 0.448. The number of benzene rings is 2. The molecular formula is C29H37N3O5S. The van der Waals surface area contributed by atoms with Gasteiger partial charge in [0.1, 0.15) is 4.75 Å². The zero-order valence-electron chi connectivity index (χ0n) is 23.1. The Morgan fingerprint density at radius 3 is 2.16 bits per heavy atom. The molecule has 0 spiro atoms. The van der Waals surface area contributed by atoms with Crippen LogP contribution in [0.5, 0.6) is 0 Å². The van der Waals surface area contributed by atoms with E-state index in [1.165, 1.54) is 22.0 Å². The van der Waals surface area contributed by atoms with E-state index in [1.54, 1.807) is 49.6 Å². The van der Waals surface area contributed by atoms with Gasteiger partial charge in [-0.3, -0.25) is 9.36 Å². The van der Waals surface area contributed by atoms with Crippen LogP contribution >= 0.6 is 11.8 Å². The number of hydrogen-bond acceptors (Lipinski definition) is 6. The number of hydrogen-bond donors (Lipinski definition) is 1. The zero-order valence-corrected chi connectivity index (χ0v) is 24.0. The van der Waals surface area contributed by atoms with Crippen LogP contribution in [0.1, 0.15) is 88.3 Å². The molecule has 0 amide bonds. The summed E-state index contributed by atoms with van der Waals surface area (Å²) in [6, 6.07) is 14.8. The van der Waals surface area contributed by atoms with Crippen molar-refractivity contribution in [1.82, 2.24) is 14.3 Å². The van der Waals surface area contributed by atoms with E-state index in [9.17, 15) is 19.5 Å². The number of nitrogens with zero attached hydrogens (tertiary/aromatic N) is 3. The van der Waals surface area contributed by atoms with Crippen molar-refractivity contribution in [3.8, 4) is 0 Å². The fourth-order valence-corrected chi connectivity index (χ4v) is 4.81. The minimum Gasteiger partial charge on any atom is -0.480 e. The molecule has 0 bridgehead atoms. The highest BCUT2D eigenvalue weighted by Crippen LogP contribution is 2.33. The highest BCUT2D eigenvalue weighted by molar-refractivity contribution is 8.01. The van der Waals surface area contributed by atoms with Gasteiger partial charge >= 0.3 is 17.6 Å². The average Bonchev–Trinajstić information content (AvgIpc) is 3.14. The van der Waals surface area contributed by atoms with Gasteiger partial charge in [0.2, 0.25) is 0 Å². The summed E-state index contributed by atoms with van der Waals surface area (Å²) in [5.41, 5.74) is 2.30. The number of ether oxygens (including phenoxy) is 1. The molecule has 204 valence electrons. The minimum absolute atomic E-state index is 0.0404. The third-order valence-electron chi connectivity index (χ3n) is 6.18. The first-order chi connectivity index (χ1) is 17.7. The van der Waals surface area contributed by atoms with Gasteiger partial charge in [0, 0.05) is 11.4 Å². The van der Waals surface area contributed by atoms with Crippen molar-refractivity contribution in [3.05, 3.63) is 81.5 Å². The number of carboxylic acid groups (broad SMARTS) is 1. The molecule has 38 heavy (non-hydrogen) atoms. The Kier molecular flexibility index (Phi) is 8.92. The molecule has 1 atom stereocenters. The molecule has 1 aromatic heterocycles. The summed E-state index contributed by atoms with van der Waals surface area (Å²) in [7, 11) is 0. The highest BCUT2D eigenvalue weighted by Gasteiger charge is 2.28. The van der Waals surface area contributed by atoms with Gasteiger partial charge in [-0.15, -0.1) is 11.8 Å². The second kappa shape index (κ2) is 11.6. The maximum absolute atomic E-state index is 13.1. The monoisotopic (exact) mass is 539 g/mol. The summed E-state index contributed by atoms with van der Waals surface area (Å²) in [5.74, 6) is -1.07. The molecule has 0 radical (unpaired) electrons. The fourth-order valence-electron chi connectivity index (χ4n) is 3.86. The van der Waals surface area contributed by atoms with Crippen LogP contribution in [0.4, 0.5) is 0 Å². The molecular weight excluding hydrogens is 502 g/mol. The zero-order chi connectivity index (χ0) is 28.3. The predicted molar refractivity (Wildman–Crippen MR) is 149 cm³/mol. The first-order valence-corrected chi connectivity index (χ1v) is 13.5. The Bertz CT molecular complexity index is 1330.